The van der Waals surface area contributed by atoms with Crippen molar-refractivity contribution in [2.45, 2.75) is 12.7 Å². The van der Waals surface area contributed by atoms with E-state index in [-0.39, 0.29) is 19.8 Å². The molecular weight excluding hydrogens is 250 g/mol. The van der Waals surface area contributed by atoms with Gasteiger partial charge in [0.05, 0.1) is 12.7 Å². The fourth-order valence-corrected chi connectivity index (χ4v) is 1.65. The summed E-state index contributed by atoms with van der Waals surface area (Å²) in [6.45, 7) is 1.39. The van der Waals surface area contributed by atoms with E-state index >= 15 is 0 Å². The Labute approximate surface area is 110 Å². The lowest BCUT2D eigenvalue weighted by molar-refractivity contribution is -0.228. The number of nitriles is 1. The van der Waals surface area contributed by atoms with E-state index in [0.717, 1.165) is 0 Å². The van der Waals surface area contributed by atoms with Crippen molar-refractivity contribution in [1.29, 1.82) is 5.26 Å². The van der Waals surface area contributed by atoms with Crippen LogP contribution < -0.4 is 9.47 Å². The average Bonchev–Trinajstić information content (AvgIpc) is 2.45. The molecule has 0 N–H and O–H groups in total. The number of hydrogen-bond donors (Lipinski definition) is 0. The van der Waals surface area contributed by atoms with Crippen molar-refractivity contribution >= 4 is 5.97 Å². The van der Waals surface area contributed by atoms with Crippen molar-refractivity contribution in [2.24, 2.45) is 0 Å². The maximum absolute atomic E-state index is 12.0. The van der Waals surface area contributed by atoms with Crippen molar-refractivity contribution in [1.82, 2.24) is 0 Å². The Morgan fingerprint density at radius 2 is 2.21 bits per heavy atom. The second-order valence-corrected chi connectivity index (χ2v) is 3.76. The van der Waals surface area contributed by atoms with Crippen LogP contribution in [0.1, 0.15) is 6.92 Å². The molecule has 1 aliphatic rings. The highest BCUT2D eigenvalue weighted by molar-refractivity contribution is 5.79. The van der Waals surface area contributed by atoms with Crippen LogP contribution in [-0.2, 0) is 14.3 Å². The van der Waals surface area contributed by atoms with E-state index < -0.39 is 11.8 Å². The highest BCUT2D eigenvalue weighted by Gasteiger charge is 2.48. The normalized spacial score (nSPS) is 20.4. The van der Waals surface area contributed by atoms with E-state index in [1.54, 1.807) is 37.3 Å². The maximum atomic E-state index is 12.0. The van der Waals surface area contributed by atoms with Crippen molar-refractivity contribution in [3.8, 4) is 17.6 Å². The second-order valence-electron chi connectivity index (χ2n) is 3.76. The average molecular weight is 263 g/mol. The van der Waals surface area contributed by atoms with Crippen LogP contribution in [0.2, 0.25) is 0 Å². The van der Waals surface area contributed by atoms with Gasteiger partial charge in [0, 0.05) is 0 Å². The van der Waals surface area contributed by atoms with Gasteiger partial charge in [-0.3, -0.25) is 0 Å². The number of nitrogens with zero attached hydrogens (tertiary/aromatic N) is 1. The van der Waals surface area contributed by atoms with E-state index in [9.17, 15) is 4.79 Å². The van der Waals surface area contributed by atoms with Gasteiger partial charge in [-0.05, 0) is 19.1 Å². The molecule has 6 heteroatoms. The Bertz CT molecular complexity index is 510. The number of esters is 1. The van der Waals surface area contributed by atoms with E-state index in [1.807, 2.05) is 0 Å². The number of fused-ring (bicyclic) bond motifs is 1. The Morgan fingerprint density at radius 3 is 2.89 bits per heavy atom. The van der Waals surface area contributed by atoms with Gasteiger partial charge in [-0.2, -0.15) is 5.26 Å². The number of benzene rings is 1. The second kappa shape index (κ2) is 5.59. The monoisotopic (exact) mass is 263 g/mol. The number of ether oxygens (including phenoxy) is 4. The van der Waals surface area contributed by atoms with Crippen molar-refractivity contribution in [3.63, 3.8) is 0 Å². The van der Waals surface area contributed by atoms with E-state index in [2.05, 4.69) is 0 Å². The molecule has 0 radical (unpaired) electrons. The maximum Gasteiger partial charge on any atom is 0.383 e. The SMILES string of the molecule is CCOC(=O)C1(OCC#N)COc2ccccc2O1. The Kier molecular flexibility index (Phi) is 3.88. The van der Waals surface area contributed by atoms with E-state index in [1.165, 1.54) is 0 Å². The first-order valence-corrected chi connectivity index (χ1v) is 5.81. The first kappa shape index (κ1) is 13.2. The molecule has 1 unspecified atom stereocenters. The zero-order valence-corrected chi connectivity index (χ0v) is 10.4. The number of carbonyl (C=O) groups is 1. The third kappa shape index (κ3) is 2.61. The molecule has 1 aromatic carbocycles. The smallest absolute Gasteiger partial charge is 0.383 e. The summed E-state index contributed by atoms with van der Waals surface area (Å²) in [5.41, 5.74) is 0. The summed E-state index contributed by atoms with van der Waals surface area (Å²) in [5.74, 6) is -1.54. The van der Waals surface area contributed by atoms with Crippen LogP contribution in [-0.4, -0.2) is 31.6 Å². The van der Waals surface area contributed by atoms with E-state index in [0.29, 0.717) is 11.5 Å². The summed E-state index contributed by atoms with van der Waals surface area (Å²) in [5, 5.41) is 8.59. The van der Waals surface area contributed by atoms with Crippen molar-refractivity contribution in [3.05, 3.63) is 24.3 Å². The fraction of sp³-hybridized carbons (Fsp3) is 0.385. The van der Waals surface area contributed by atoms with Crippen LogP contribution in [0.15, 0.2) is 24.3 Å². The van der Waals surface area contributed by atoms with Crippen LogP contribution >= 0.6 is 0 Å². The third-order valence-electron chi connectivity index (χ3n) is 2.50. The molecule has 0 bridgehead atoms. The van der Waals surface area contributed by atoms with Gasteiger partial charge in [0.15, 0.2) is 18.1 Å². The van der Waals surface area contributed by atoms with E-state index in [4.69, 9.17) is 24.2 Å². The Balaban J connectivity index is 2.26. The lowest BCUT2D eigenvalue weighted by Gasteiger charge is -2.34. The molecule has 0 fully saturated rings. The highest BCUT2D eigenvalue weighted by atomic mass is 16.8. The minimum absolute atomic E-state index is 0.162. The summed E-state index contributed by atoms with van der Waals surface area (Å²) in [4.78, 5) is 12.0. The van der Waals surface area contributed by atoms with Gasteiger partial charge in [0.2, 0.25) is 0 Å². The van der Waals surface area contributed by atoms with Crippen LogP contribution in [0, 0.1) is 11.3 Å². The number of para-hydroxylation sites is 2. The van der Waals surface area contributed by atoms with Crippen LogP contribution in [0.4, 0.5) is 0 Å². The molecule has 1 aromatic rings. The molecular formula is C13H13NO5. The minimum atomic E-state index is -1.72. The molecule has 1 heterocycles. The zero-order chi connectivity index (χ0) is 13.7. The van der Waals surface area contributed by atoms with Gasteiger partial charge in [-0.25, -0.2) is 4.79 Å². The molecule has 0 amide bonds. The molecule has 0 saturated carbocycles. The third-order valence-corrected chi connectivity index (χ3v) is 2.50. The molecule has 2 rings (SSSR count). The molecule has 0 spiro atoms. The predicted molar refractivity (Wildman–Crippen MR) is 63.5 cm³/mol. The molecule has 100 valence electrons. The van der Waals surface area contributed by atoms with Crippen molar-refractivity contribution < 1.29 is 23.7 Å². The van der Waals surface area contributed by atoms with Gasteiger partial charge in [0.1, 0.15) is 6.61 Å². The summed E-state index contributed by atoms with van der Waals surface area (Å²) in [6.07, 6.45) is 0. The standard InChI is InChI=1S/C13H13NO5/c1-2-16-12(15)13(18-8-7-14)9-17-10-5-3-4-6-11(10)19-13/h3-6H,2,8-9H2,1H3. The van der Waals surface area contributed by atoms with Gasteiger partial charge in [-0.15, -0.1) is 0 Å². The molecule has 0 saturated heterocycles. The number of hydrogen-bond acceptors (Lipinski definition) is 6. The van der Waals surface area contributed by atoms with Gasteiger partial charge in [-0.1, -0.05) is 12.1 Å². The van der Waals surface area contributed by atoms with Crippen LogP contribution in [0.5, 0.6) is 11.5 Å². The zero-order valence-electron chi connectivity index (χ0n) is 10.4. The predicted octanol–water partition coefficient (Wildman–Crippen LogP) is 1.26. The van der Waals surface area contributed by atoms with Gasteiger partial charge in [0.25, 0.3) is 0 Å². The number of carbonyl (C=O) groups excluding carboxylic acids is 1. The molecule has 0 aliphatic carbocycles. The molecule has 19 heavy (non-hydrogen) atoms. The van der Waals surface area contributed by atoms with Gasteiger partial charge >= 0.3 is 11.8 Å². The molecule has 1 aliphatic heterocycles. The van der Waals surface area contributed by atoms with Crippen molar-refractivity contribution in [2.75, 3.05) is 19.8 Å². The van der Waals surface area contributed by atoms with Crippen LogP contribution in [0.25, 0.3) is 0 Å². The topological polar surface area (TPSA) is 77.8 Å². The Hall–Kier alpha value is -2.26. The summed E-state index contributed by atoms with van der Waals surface area (Å²) in [7, 11) is 0. The lowest BCUT2D eigenvalue weighted by Crippen LogP contribution is -2.55. The Morgan fingerprint density at radius 1 is 1.47 bits per heavy atom. The fourth-order valence-electron chi connectivity index (χ4n) is 1.65. The lowest BCUT2D eigenvalue weighted by atomic mass is 10.2. The minimum Gasteiger partial charge on any atom is -0.482 e. The summed E-state index contributed by atoms with van der Waals surface area (Å²) in [6, 6.07) is 8.69. The largest absolute Gasteiger partial charge is 0.482 e. The highest BCUT2D eigenvalue weighted by Crippen LogP contribution is 2.35. The molecule has 1 atom stereocenters. The van der Waals surface area contributed by atoms with Crippen LogP contribution in [0.3, 0.4) is 0 Å². The quantitative estimate of drug-likeness (QED) is 0.761. The first-order valence-electron chi connectivity index (χ1n) is 5.81. The molecule has 0 aromatic heterocycles. The number of rotatable bonds is 4. The first-order chi connectivity index (χ1) is 9.22. The summed E-state index contributed by atoms with van der Waals surface area (Å²) < 4.78 is 21.1. The molecule has 6 nitrogen and oxygen atoms in total. The summed E-state index contributed by atoms with van der Waals surface area (Å²) >= 11 is 0. The van der Waals surface area contributed by atoms with Gasteiger partial charge < -0.3 is 18.9 Å².